The first-order valence-corrected chi connectivity index (χ1v) is 7.80. The van der Waals surface area contributed by atoms with Gasteiger partial charge in [0.15, 0.2) is 0 Å². The van der Waals surface area contributed by atoms with Crippen molar-refractivity contribution in [2.75, 3.05) is 0 Å². The van der Waals surface area contributed by atoms with Gasteiger partial charge in [-0.15, -0.1) is 0 Å². The van der Waals surface area contributed by atoms with Gasteiger partial charge in [0.25, 0.3) is 0 Å². The second-order valence-corrected chi connectivity index (χ2v) is 5.97. The molecular formula is C16H14F3N3S. The van der Waals surface area contributed by atoms with Gasteiger partial charge in [0.2, 0.25) is 0 Å². The summed E-state index contributed by atoms with van der Waals surface area (Å²) in [5.74, 6) is 0. The maximum Gasteiger partial charge on any atom is 0.416 e. The Balaban J connectivity index is 1.92. The highest BCUT2D eigenvalue weighted by molar-refractivity contribution is 7.08. The average Bonchev–Trinajstić information content (AvgIpc) is 3.15. The number of thiophene rings is 1. The van der Waals surface area contributed by atoms with E-state index in [0.717, 1.165) is 23.4 Å². The Morgan fingerprint density at radius 2 is 1.87 bits per heavy atom. The molecule has 1 unspecified atom stereocenters. The van der Waals surface area contributed by atoms with Crippen molar-refractivity contribution in [2.45, 2.75) is 12.2 Å². The van der Waals surface area contributed by atoms with E-state index in [1.807, 2.05) is 22.9 Å². The van der Waals surface area contributed by atoms with Crippen molar-refractivity contribution in [2.24, 2.45) is 12.8 Å². The number of aromatic nitrogens is 2. The predicted molar refractivity (Wildman–Crippen MR) is 84.0 cm³/mol. The standard InChI is InChI=1S/C16H14F3N3S/c1-22-14(15(20)11-6-7-23-9-11)8-13(21-22)10-2-4-12(5-3-10)16(17,18)19/h2-9,15H,20H2,1H3. The first-order valence-electron chi connectivity index (χ1n) is 6.85. The number of nitrogens with zero attached hydrogens (tertiary/aromatic N) is 2. The maximum atomic E-state index is 12.6. The SMILES string of the molecule is Cn1nc(-c2ccc(C(F)(F)F)cc2)cc1C(N)c1ccsc1. The van der Waals surface area contributed by atoms with Crippen molar-refractivity contribution in [3.05, 3.63) is 64.0 Å². The summed E-state index contributed by atoms with van der Waals surface area (Å²) in [5, 5.41) is 8.28. The van der Waals surface area contributed by atoms with E-state index in [2.05, 4.69) is 5.10 Å². The molecule has 2 N–H and O–H groups in total. The van der Waals surface area contributed by atoms with Crippen LogP contribution in [0.2, 0.25) is 0 Å². The van der Waals surface area contributed by atoms with Gasteiger partial charge in [-0.25, -0.2) is 0 Å². The first kappa shape index (κ1) is 15.8. The first-order chi connectivity index (χ1) is 10.9. The van der Waals surface area contributed by atoms with Crippen molar-refractivity contribution in [1.29, 1.82) is 0 Å². The zero-order valence-electron chi connectivity index (χ0n) is 12.2. The van der Waals surface area contributed by atoms with E-state index in [4.69, 9.17) is 5.73 Å². The van der Waals surface area contributed by atoms with Crippen LogP contribution in [0.25, 0.3) is 11.3 Å². The molecule has 0 amide bonds. The van der Waals surface area contributed by atoms with Crippen LogP contribution in [0.3, 0.4) is 0 Å². The lowest BCUT2D eigenvalue weighted by Crippen LogP contribution is -2.15. The highest BCUT2D eigenvalue weighted by Gasteiger charge is 2.30. The number of rotatable bonds is 3. The summed E-state index contributed by atoms with van der Waals surface area (Å²) in [6.07, 6.45) is -4.34. The largest absolute Gasteiger partial charge is 0.416 e. The molecule has 0 aliphatic heterocycles. The molecule has 0 bridgehead atoms. The molecule has 0 radical (unpaired) electrons. The molecule has 120 valence electrons. The van der Waals surface area contributed by atoms with Crippen LogP contribution in [0.5, 0.6) is 0 Å². The Bertz CT molecular complexity index is 789. The van der Waals surface area contributed by atoms with E-state index < -0.39 is 11.7 Å². The third-order valence-electron chi connectivity index (χ3n) is 3.64. The molecule has 3 aromatic rings. The predicted octanol–water partition coefficient (Wildman–Crippen LogP) is 4.22. The van der Waals surface area contributed by atoms with Gasteiger partial charge in [0.05, 0.1) is 23.0 Å². The zero-order chi connectivity index (χ0) is 16.6. The lowest BCUT2D eigenvalue weighted by atomic mass is 10.1. The summed E-state index contributed by atoms with van der Waals surface area (Å²) in [6.45, 7) is 0. The van der Waals surface area contributed by atoms with Gasteiger partial charge in [-0.05, 0) is 40.6 Å². The lowest BCUT2D eigenvalue weighted by molar-refractivity contribution is -0.137. The van der Waals surface area contributed by atoms with Crippen LogP contribution in [-0.4, -0.2) is 9.78 Å². The van der Waals surface area contributed by atoms with Crippen molar-refractivity contribution in [3.8, 4) is 11.3 Å². The molecule has 7 heteroatoms. The molecule has 1 atom stereocenters. The molecule has 2 heterocycles. The maximum absolute atomic E-state index is 12.6. The number of hydrogen-bond donors (Lipinski definition) is 1. The van der Waals surface area contributed by atoms with E-state index in [0.29, 0.717) is 11.3 Å². The second-order valence-electron chi connectivity index (χ2n) is 5.19. The van der Waals surface area contributed by atoms with Crippen LogP contribution in [-0.2, 0) is 13.2 Å². The van der Waals surface area contributed by atoms with Crippen molar-refractivity contribution in [1.82, 2.24) is 9.78 Å². The van der Waals surface area contributed by atoms with Gasteiger partial charge < -0.3 is 5.73 Å². The number of benzene rings is 1. The third kappa shape index (κ3) is 3.16. The Kier molecular flexibility index (Phi) is 3.99. The molecule has 23 heavy (non-hydrogen) atoms. The van der Waals surface area contributed by atoms with Crippen molar-refractivity contribution >= 4 is 11.3 Å². The summed E-state index contributed by atoms with van der Waals surface area (Å²) in [4.78, 5) is 0. The van der Waals surface area contributed by atoms with Crippen LogP contribution < -0.4 is 5.73 Å². The smallest absolute Gasteiger partial charge is 0.319 e. The molecule has 1 aromatic carbocycles. The van der Waals surface area contributed by atoms with Gasteiger partial charge >= 0.3 is 6.18 Å². The number of alkyl halides is 3. The second kappa shape index (κ2) is 5.82. The average molecular weight is 337 g/mol. The molecule has 0 fully saturated rings. The number of nitrogens with two attached hydrogens (primary N) is 1. The Labute approximate surface area is 135 Å². The normalized spacial score (nSPS) is 13.3. The molecule has 0 aliphatic rings. The summed E-state index contributed by atoms with van der Waals surface area (Å²) >= 11 is 1.56. The summed E-state index contributed by atoms with van der Waals surface area (Å²) in [7, 11) is 1.77. The van der Waals surface area contributed by atoms with Crippen molar-refractivity contribution < 1.29 is 13.2 Å². The lowest BCUT2D eigenvalue weighted by Gasteiger charge is -2.09. The fourth-order valence-corrected chi connectivity index (χ4v) is 3.06. The van der Waals surface area contributed by atoms with Gasteiger partial charge in [-0.3, -0.25) is 4.68 Å². The molecule has 0 saturated heterocycles. The minimum Gasteiger partial charge on any atom is -0.319 e. The molecule has 3 nitrogen and oxygen atoms in total. The van der Waals surface area contributed by atoms with Gasteiger partial charge in [-0.2, -0.15) is 29.6 Å². The van der Waals surface area contributed by atoms with Crippen LogP contribution >= 0.6 is 11.3 Å². The molecule has 0 spiro atoms. The van der Waals surface area contributed by atoms with Gasteiger partial charge in [0, 0.05) is 12.6 Å². The Hall–Kier alpha value is -2.12. The van der Waals surface area contributed by atoms with E-state index in [-0.39, 0.29) is 6.04 Å². The van der Waals surface area contributed by atoms with Crippen LogP contribution in [0.1, 0.15) is 22.9 Å². The summed E-state index contributed by atoms with van der Waals surface area (Å²) < 4.78 is 39.5. The summed E-state index contributed by atoms with van der Waals surface area (Å²) in [5.41, 5.74) is 8.57. The van der Waals surface area contributed by atoms with Crippen LogP contribution in [0.15, 0.2) is 47.2 Å². The Morgan fingerprint density at radius 3 is 2.43 bits per heavy atom. The quantitative estimate of drug-likeness (QED) is 0.778. The van der Waals surface area contributed by atoms with E-state index >= 15 is 0 Å². The fraction of sp³-hybridized carbons (Fsp3) is 0.188. The third-order valence-corrected chi connectivity index (χ3v) is 4.35. The minimum atomic E-state index is -4.34. The van der Waals surface area contributed by atoms with E-state index in [1.165, 1.54) is 12.1 Å². The molecule has 3 rings (SSSR count). The van der Waals surface area contributed by atoms with Crippen molar-refractivity contribution in [3.63, 3.8) is 0 Å². The zero-order valence-corrected chi connectivity index (χ0v) is 13.0. The van der Waals surface area contributed by atoms with Gasteiger partial charge in [0.1, 0.15) is 0 Å². The fourth-order valence-electron chi connectivity index (χ4n) is 2.37. The van der Waals surface area contributed by atoms with E-state index in [1.54, 1.807) is 23.1 Å². The summed E-state index contributed by atoms with van der Waals surface area (Å²) in [6, 6.07) is 8.40. The molecule has 0 aliphatic carbocycles. The van der Waals surface area contributed by atoms with Gasteiger partial charge in [-0.1, -0.05) is 12.1 Å². The number of aryl methyl sites for hydroxylation is 1. The van der Waals surface area contributed by atoms with Crippen LogP contribution in [0.4, 0.5) is 13.2 Å². The molecular weight excluding hydrogens is 323 g/mol. The monoisotopic (exact) mass is 337 g/mol. The highest BCUT2D eigenvalue weighted by Crippen LogP contribution is 2.31. The molecule has 2 aromatic heterocycles. The number of hydrogen-bond acceptors (Lipinski definition) is 3. The van der Waals surface area contributed by atoms with Crippen LogP contribution in [0, 0.1) is 0 Å². The number of halogens is 3. The highest BCUT2D eigenvalue weighted by atomic mass is 32.1. The minimum absolute atomic E-state index is 0.318. The molecule has 0 saturated carbocycles. The topological polar surface area (TPSA) is 43.8 Å². The Morgan fingerprint density at radius 1 is 1.17 bits per heavy atom. The van der Waals surface area contributed by atoms with E-state index in [9.17, 15) is 13.2 Å².